The van der Waals surface area contributed by atoms with Gasteiger partial charge in [-0.2, -0.15) is 4.31 Å². The summed E-state index contributed by atoms with van der Waals surface area (Å²) in [6, 6.07) is 4.78. The Kier molecular flexibility index (Phi) is 8.27. The molecule has 2 aliphatic rings. The molecule has 2 amide bonds. The number of unbranched alkanes of at least 4 members (excludes halogenated alkanes) is 1. The summed E-state index contributed by atoms with van der Waals surface area (Å²) in [5, 5.41) is 0. The predicted octanol–water partition coefficient (Wildman–Crippen LogP) is 2.72. The molecule has 0 aromatic heterocycles. The molecule has 3 rings (SSSR count). The second-order valence-electron chi connectivity index (χ2n) is 8.87. The summed E-state index contributed by atoms with van der Waals surface area (Å²) in [5.41, 5.74) is 0. The fourth-order valence-electron chi connectivity index (χ4n) is 4.54. The first-order valence-corrected chi connectivity index (χ1v) is 13.0. The number of rotatable bonds is 7. The first-order chi connectivity index (χ1) is 15.2. The van der Waals surface area contributed by atoms with Gasteiger partial charge in [-0.1, -0.05) is 13.3 Å². The normalized spacial score (nSPS) is 20.8. The number of hydrogen-bond acceptors (Lipinski definition) is 4. The SMILES string of the molecule is CCCCN(C)C(=O)C1CCN(C(=O)C2CCCN(S(=O)(=O)c3ccc(F)cc3)C2)CC1. The van der Waals surface area contributed by atoms with Crippen LogP contribution in [-0.4, -0.2) is 74.1 Å². The Bertz CT molecular complexity index is 898. The van der Waals surface area contributed by atoms with Crippen molar-refractivity contribution in [1.29, 1.82) is 0 Å². The standard InChI is InChI=1S/C23H34FN3O4S/c1-3-4-13-25(2)22(28)18-11-15-26(16-12-18)23(29)19-6-5-14-27(17-19)32(30,31)21-9-7-20(24)8-10-21/h7-10,18-19H,3-6,11-17H2,1-2H3. The first kappa shape index (κ1) is 24.6. The molecule has 178 valence electrons. The Balaban J connectivity index is 1.57. The zero-order valence-electron chi connectivity index (χ0n) is 19.0. The average molecular weight is 468 g/mol. The number of carbonyl (C=O) groups excluding carboxylic acids is 2. The number of halogens is 1. The summed E-state index contributed by atoms with van der Waals surface area (Å²) >= 11 is 0. The monoisotopic (exact) mass is 467 g/mol. The molecule has 2 saturated heterocycles. The van der Waals surface area contributed by atoms with Crippen LogP contribution in [0.4, 0.5) is 4.39 Å². The Morgan fingerprint density at radius 3 is 2.34 bits per heavy atom. The zero-order chi connectivity index (χ0) is 23.3. The molecule has 2 aliphatic heterocycles. The second kappa shape index (κ2) is 10.7. The molecular formula is C23H34FN3O4S. The van der Waals surface area contributed by atoms with Crippen LogP contribution in [0, 0.1) is 17.7 Å². The smallest absolute Gasteiger partial charge is 0.243 e. The number of benzene rings is 1. The maximum atomic E-state index is 13.2. The maximum Gasteiger partial charge on any atom is 0.243 e. The zero-order valence-corrected chi connectivity index (χ0v) is 19.8. The van der Waals surface area contributed by atoms with Gasteiger partial charge in [0.2, 0.25) is 21.8 Å². The van der Waals surface area contributed by atoms with Gasteiger partial charge in [-0.05, 0) is 56.4 Å². The van der Waals surface area contributed by atoms with E-state index in [4.69, 9.17) is 0 Å². The topological polar surface area (TPSA) is 78.0 Å². The quantitative estimate of drug-likeness (QED) is 0.618. The number of likely N-dealkylation sites (tertiary alicyclic amines) is 1. The Hall–Kier alpha value is -2.00. The highest BCUT2D eigenvalue weighted by atomic mass is 32.2. The first-order valence-electron chi connectivity index (χ1n) is 11.5. The fourth-order valence-corrected chi connectivity index (χ4v) is 6.06. The van der Waals surface area contributed by atoms with Crippen LogP contribution in [-0.2, 0) is 19.6 Å². The molecular weight excluding hydrogens is 433 g/mol. The Morgan fingerprint density at radius 2 is 1.72 bits per heavy atom. The van der Waals surface area contributed by atoms with Crippen LogP contribution in [0.25, 0.3) is 0 Å². The van der Waals surface area contributed by atoms with Gasteiger partial charge in [-0.25, -0.2) is 12.8 Å². The molecule has 0 spiro atoms. The third-order valence-electron chi connectivity index (χ3n) is 6.56. The summed E-state index contributed by atoms with van der Waals surface area (Å²) in [7, 11) is -1.93. The largest absolute Gasteiger partial charge is 0.346 e. The van der Waals surface area contributed by atoms with E-state index < -0.39 is 21.8 Å². The van der Waals surface area contributed by atoms with E-state index in [2.05, 4.69) is 6.92 Å². The van der Waals surface area contributed by atoms with Crippen molar-refractivity contribution in [3.63, 3.8) is 0 Å². The van der Waals surface area contributed by atoms with Crippen molar-refractivity contribution in [3.8, 4) is 0 Å². The van der Waals surface area contributed by atoms with E-state index in [1.807, 2.05) is 7.05 Å². The van der Waals surface area contributed by atoms with Gasteiger partial charge >= 0.3 is 0 Å². The lowest BCUT2D eigenvalue weighted by Gasteiger charge is -2.37. The lowest BCUT2D eigenvalue weighted by molar-refractivity contribution is -0.142. The molecule has 0 radical (unpaired) electrons. The fraction of sp³-hybridized carbons (Fsp3) is 0.652. The van der Waals surface area contributed by atoms with Crippen molar-refractivity contribution in [1.82, 2.24) is 14.1 Å². The van der Waals surface area contributed by atoms with E-state index in [0.29, 0.717) is 45.3 Å². The summed E-state index contributed by atoms with van der Waals surface area (Å²) in [6.45, 7) is 4.39. The average Bonchev–Trinajstić information content (AvgIpc) is 2.82. The highest BCUT2D eigenvalue weighted by Crippen LogP contribution is 2.27. The summed E-state index contributed by atoms with van der Waals surface area (Å²) in [5.74, 6) is -0.816. The Morgan fingerprint density at radius 1 is 1.06 bits per heavy atom. The van der Waals surface area contributed by atoms with Crippen molar-refractivity contribution >= 4 is 21.8 Å². The van der Waals surface area contributed by atoms with Gasteiger partial charge in [0.05, 0.1) is 10.8 Å². The number of sulfonamides is 1. The van der Waals surface area contributed by atoms with E-state index in [-0.39, 0.29) is 29.2 Å². The summed E-state index contributed by atoms with van der Waals surface area (Å²) < 4.78 is 40.4. The van der Waals surface area contributed by atoms with Crippen molar-refractivity contribution in [3.05, 3.63) is 30.1 Å². The number of carbonyl (C=O) groups is 2. The Labute approximate surface area is 190 Å². The molecule has 0 saturated carbocycles. The highest BCUT2D eigenvalue weighted by molar-refractivity contribution is 7.89. The third kappa shape index (κ3) is 5.67. The molecule has 2 fully saturated rings. The lowest BCUT2D eigenvalue weighted by atomic mass is 9.92. The number of amides is 2. The van der Waals surface area contributed by atoms with E-state index in [1.165, 1.54) is 16.4 Å². The van der Waals surface area contributed by atoms with Crippen LogP contribution in [0.5, 0.6) is 0 Å². The molecule has 32 heavy (non-hydrogen) atoms. The number of nitrogens with zero attached hydrogens (tertiary/aromatic N) is 3. The highest BCUT2D eigenvalue weighted by Gasteiger charge is 2.37. The third-order valence-corrected chi connectivity index (χ3v) is 8.44. The molecule has 9 heteroatoms. The van der Waals surface area contributed by atoms with Gasteiger partial charge in [0.1, 0.15) is 5.82 Å². The van der Waals surface area contributed by atoms with Crippen LogP contribution >= 0.6 is 0 Å². The van der Waals surface area contributed by atoms with Gasteiger partial charge in [0.25, 0.3) is 0 Å². The minimum atomic E-state index is -3.77. The minimum absolute atomic E-state index is 0.0331. The van der Waals surface area contributed by atoms with Gasteiger partial charge in [-0.15, -0.1) is 0 Å². The predicted molar refractivity (Wildman–Crippen MR) is 120 cm³/mol. The van der Waals surface area contributed by atoms with Crippen molar-refractivity contribution in [2.45, 2.75) is 50.3 Å². The summed E-state index contributed by atoms with van der Waals surface area (Å²) in [6.07, 6.45) is 4.57. The summed E-state index contributed by atoms with van der Waals surface area (Å²) in [4.78, 5) is 29.4. The second-order valence-corrected chi connectivity index (χ2v) is 10.8. The minimum Gasteiger partial charge on any atom is -0.346 e. The van der Waals surface area contributed by atoms with Crippen LogP contribution in [0.15, 0.2) is 29.2 Å². The van der Waals surface area contributed by atoms with Crippen LogP contribution in [0.2, 0.25) is 0 Å². The molecule has 0 N–H and O–H groups in total. The van der Waals surface area contributed by atoms with Crippen LogP contribution in [0.1, 0.15) is 45.4 Å². The molecule has 7 nitrogen and oxygen atoms in total. The van der Waals surface area contributed by atoms with E-state index in [9.17, 15) is 22.4 Å². The van der Waals surface area contributed by atoms with E-state index in [1.54, 1.807) is 9.80 Å². The van der Waals surface area contributed by atoms with E-state index >= 15 is 0 Å². The van der Waals surface area contributed by atoms with Crippen molar-refractivity contribution in [2.24, 2.45) is 11.8 Å². The molecule has 2 heterocycles. The van der Waals surface area contributed by atoms with Crippen molar-refractivity contribution in [2.75, 3.05) is 39.8 Å². The molecule has 1 aromatic rings. The van der Waals surface area contributed by atoms with Gasteiger partial charge in [0, 0.05) is 45.7 Å². The molecule has 1 aromatic carbocycles. The number of piperidine rings is 2. The maximum absolute atomic E-state index is 13.2. The molecule has 0 bridgehead atoms. The van der Waals surface area contributed by atoms with Gasteiger partial charge in [-0.3, -0.25) is 9.59 Å². The molecule has 1 atom stereocenters. The number of hydrogen-bond donors (Lipinski definition) is 0. The van der Waals surface area contributed by atoms with Gasteiger partial charge < -0.3 is 9.80 Å². The molecule has 1 unspecified atom stereocenters. The van der Waals surface area contributed by atoms with E-state index in [0.717, 1.165) is 31.5 Å². The van der Waals surface area contributed by atoms with Gasteiger partial charge in [0.15, 0.2) is 0 Å². The van der Waals surface area contributed by atoms with Crippen LogP contribution < -0.4 is 0 Å². The van der Waals surface area contributed by atoms with Crippen molar-refractivity contribution < 1.29 is 22.4 Å². The lowest BCUT2D eigenvalue weighted by Crippen LogP contribution is -2.49. The molecule has 0 aliphatic carbocycles. The van der Waals surface area contributed by atoms with Crippen LogP contribution in [0.3, 0.4) is 0 Å².